The molecule has 1 saturated heterocycles. The van der Waals surface area contributed by atoms with Gasteiger partial charge in [-0.1, -0.05) is 64.1 Å². The van der Waals surface area contributed by atoms with Crippen molar-refractivity contribution < 1.29 is 28.9 Å². The van der Waals surface area contributed by atoms with Gasteiger partial charge in [0.2, 0.25) is 29.5 Å². The second-order valence-corrected chi connectivity index (χ2v) is 11.9. The van der Waals surface area contributed by atoms with Crippen LogP contribution in [0.3, 0.4) is 0 Å². The van der Waals surface area contributed by atoms with Gasteiger partial charge in [-0.15, -0.1) is 0 Å². The van der Waals surface area contributed by atoms with Gasteiger partial charge in [-0.3, -0.25) is 34.1 Å². The smallest absolute Gasteiger partial charge is 0.269 e. The zero-order valence-corrected chi connectivity index (χ0v) is 24.0. The highest BCUT2D eigenvalue weighted by molar-refractivity contribution is 8.76. The molecule has 5 amide bonds. The average molecular weight is 618 g/mol. The summed E-state index contributed by atoms with van der Waals surface area (Å²) in [6.45, 7) is -0.512. The highest BCUT2D eigenvalue weighted by Gasteiger charge is 2.29. The number of benzene rings is 2. The van der Waals surface area contributed by atoms with E-state index in [-0.39, 0.29) is 30.0 Å². The molecule has 0 spiro atoms. The van der Waals surface area contributed by atoms with Crippen molar-refractivity contribution in [3.8, 4) is 0 Å². The van der Waals surface area contributed by atoms with Crippen molar-refractivity contribution in [1.82, 2.24) is 21.3 Å². The van der Waals surface area contributed by atoms with Crippen LogP contribution in [0.1, 0.15) is 11.1 Å². The maximum atomic E-state index is 13.1. The topological polar surface area (TPSA) is 229 Å². The zero-order valence-electron chi connectivity index (χ0n) is 22.3. The van der Waals surface area contributed by atoms with Crippen LogP contribution in [0.4, 0.5) is 5.69 Å². The van der Waals surface area contributed by atoms with Gasteiger partial charge in [-0.25, -0.2) is 0 Å². The van der Waals surface area contributed by atoms with E-state index in [1.807, 2.05) is 30.3 Å². The first-order valence-electron chi connectivity index (χ1n) is 12.8. The number of rotatable bonds is 8. The van der Waals surface area contributed by atoms with Crippen molar-refractivity contribution in [1.29, 1.82) is 0 Å². The standard InChI is InChI=1S/C26H31N7O7S2/c27-18(10-15-4-2-1-3-5-15)24(36)32-21-14-42-41-13-20(23(28)35)31-26(38)19(30-22(34)12-29-25(21)37)11-16-6-8-17(9-7-16)33(39)40/h1-9,18-21H,10-14,27H2,(H2,28,35)(H,29,37)(H,30,34)(H,31,38)(H,32,36)/t18-,19-,20+,21+/m0/s1. The molecule has 1 aliphatic rings. The zero-order chi connectivity index (χ0) is 30.6. The van der Waals surface area contributed by atoms with Gasteiger partial charge in [0.25, 0.3) is 5.69 Å². The number of carbonyl (C=O) groups excluding carboxylic acids is 5. The fraction of sp³-hybridized carbons (Fsp3) is 0.346. The monoisotopic (exact) mass is 617 g/mol. The highest BCUT2D eigenvalue weighted by Crippen LogP contribution is 2.23. The minimum Gasteiger partial charge on any atom is -0.368 e. The first-order valence-corrected chi connectivity index (χ1v) is 15.3. The minimum atomic E-state index is -1.19. The summed E-state index contributed by atoms with van der Waals surface area (Å²) in [5, 5.41) is 21.1. The van der Waals surface area contributed by atoms with Crippen LogP contribution in [-0.4, -0.2) is 76.7 Å². The van der Waals surface area contributed by atoms with Gasteiger partial charge < -0.3 is 32.7 Å². The van der Waals surface area contributed by atoms with Gasteiger partial charge in [0.15, 0.2) is 0 Å². The molecule has 1 aliphatic heterocycles. The SMILES string of the molecule is NC(=O)[C@H]1CSSC[C@@H](NC(=O)[C@@H](N)Cc2ccccc2)C(=O)NCC(=O)N[C@@H](Cc2ccc([N+](=O)[O-])cc2)C(=O)N1. The number of nitrogens with zero attached hydrogens (tertiary/aromatic N) is 1. The van der Waals surface area contributed by atoms with Gasteiger partial charge in [0, 0.05) is 30.1 Å². The van der Waals surface area contributed by atoms with E-state index in [0.717, 1.165) is 16.4 Å². The lowest BCUT2D eigenvalue weighted by molar-refractivity contribution is -0.384. The molecule has 0 saturated carbocycles. The Labute approximate surface area is 249 Å². The maximum Gasteiger partial charge on any atom is 0.269 e. The van der Waals surface area contributed by atoms with E-state index >= 15 is 0 Å². The average Bonchev–Trinajstić information content (AvgIpc) is 2.96. The summed E-state index contributed by atoms with van der Waals surface area (Å²) in [4.78, 5) is 74.0. The highest BCUT2D eigenvalue weighted by atomic mass is 33.1. The molecule has 4 atom stereocenters. The second kappa shape index (κ2) is 15.7. The summed E-state index contributed by atoms with van der Waals surface area (Å²) in [5.41, 5.74) is 12.8. The second-order valence-electron chi connectivity index (χ2n) is 9.36. The third-order valence-electron chi connectivity index (χ3n) is 6.14. The number of nitro benzene ring substituents is 1. The van der Waals surface area contributed by atoms with Gasteiger partial charge in [-0.05, 0) is 17.5 Å². The lowest BCUT2D eigenvalue weighted by Crippen LogP contribution is -2.57. The number of non-ortho nitro benzene ring substituents is 1. The molecule has 14 nitrogen and oxygen atoms in total. The first kappa shape index (κ1) is 32.4. The van der Waals surface area contributed by atoms with E-state index in [4.69, 9.17) is 11.5 Å². The molecule has 8 N–H and O–H groups in total. The Morgan fingerprint density at radius 2 is 1.64 bits per heavy atom. The van der Waals surface area contributed by atoms with Crippen molar-refractivity contribution >= 4 is 56.8 Å². The maximum absolute atomic E-state index is 13.1. The normalized spacial score (nSPS) is 21.1. The Morgan fingerprint density at radius 3 is 2.29 bits per heavy atom. The van der Waals surface area contributed by atoms with Crippen molar-refractivity contribution in [2.75, 3.05) is 18.1 Å². The molecule has 42 heavy (non-hydrogen) atoms. The summed E-state index contributed by atoms with van der Waals surface area (Å²) in [5.74, 6) is -3.30. The van der Waals surface area contributed by atoms with Crippen LogP contribution in [0, 0.1) is 10.1 Å². The van der Waals surface area contributed by atoms with Crippen molar-refractivity contribution in [3.63, 3.8) is 0 Å². The van der Waals surface area contributed by atoms with Crippen LogP contribution in [0.5, 0.6) is 0 Å². The Bertz CT molecular complexity index is 1300. The van der Waals surface area contributed by atoms with Gasteiger partial charge in [0.1, 0.15) is 18.1 Å². The number of amides is 5. The number of nitrogens with one attached hydrogen (secondary N) is 4. The Morgan fingerprint density at radius 1 is 0.976 bits per heavy atom. The van der Waals surface area contributed by atoms with Crippen LogP contribution >= 0.6 is 21.6 Å². The van der Waals surface area contributed by atoms with E-state index in [2.05, 4.69) is 21.3 Å². The van der Waals surface area contributed by atoms with E-state index in [1.165, 1.54) is 35.1 Å². The van der Waals surface area contributed by atoms with Crippen LogP contribution in [-0.2, 0) is 36.8 Å². The van der Waals surface area contributed by atoms with Crippen LogP contribution in [0.25, 0.3) is 0 Å². The number of primary amides is 1. The first-order chi connectivity index (χ1) is 20.0. The van der Waals surface area contributed by atoms with E-state index in [0.29, 0.717) is 5.56 Å². The number of hydrogen-bond acceptors (Lipinski definition) is 10. The molecule has 1 fully saturated rings. The Kier molecular flexibility index (Phi) is 12.1. The Hall–Kier alpha value is -4.15. The summed E-state index contributed by atoms with van der Waals surface area (Å²) < 4.78 is 0. The molecule has 2 aromatic rings. The molecule has 2 aromatic carbocycles. The summed E-state index contributed by atoms with van der Waals surface area (Å²) in [6, 6.07) is 10.3. The molecular weight excluding hydrogens is 586 g/mol. The predicted octanol–water partition coefficient (Wildman–Crippen LogP) is -0.842. The third kappa shape index (κ3) is 10.0. The van der Waals surface area contributed by atoms with Gasteiger partial charge >= 0.3 is 0 Å². The predicted molar refractivity (Wildman–Crippen MR) is 158 cm³/mol. The van der Waals surface area contributed by atoms with Gasteiger partial charge in [-0.2, -0.15) is 0 Å². The van der Waals surface area contributed by atoms with Crippen molar-refractivity contribution in [2.45, 2.75) is 37.0 Å². The fourth-order valence-electron chi connectivity index (χ4n) is 3.86. The van der Waals surface area contributed by atoms with Crippen molar-refractivity contribution in [2.24, 2.45) is 11.5 Å². The fourth-order valence-corrected chi connectivity index (χ4v) is 6.20. The van der Waals surface area contributed by atoms with Crippen molar-refractivity contribution in [3.05, 3.63) is 75.8 Å². The number of carbonyl (C=O) groups is 5. The number of hydrogen-bond donors (Lipinski definition) is 6. The lowest BCUT2D eigenvalue weighted by atomic mass is 10.0. The minimum absolute atomic E-state index is 0.0414. The van der Waals surface area contributed by atoms with E-state index < -0.39 is 65.2 Å². The summed E-state index contributed by atoms with van der Waals surface area (Å²) in [7, 11) is 2.32. The third-order valence-corrected chi connectivity index (χ3v) is 8.56. The Balaban J connectivity index is 1.72. The molecule has 224 valence electrons. The van der Waals surface area contributed by atoms with E-state index in [1.54, 1.807) is 0 Å². The number of nitrogens with two attached hydrogens (primary N) is 2. The molecule has 1 heterocycles. The summed E-state index contributed by atoms with van der Waals surface area (Å²) >= 11 is 0. The van der Waals surface area contributed by atoms with Crippen LogP contribution in [0.2, 0.25) is 0 Å². The summed E-state index contributed by atoms with van der Waals surface area (Å²) in [6.07, 6.45) is 0.191. The van der Waals surface area contributed by atoms with E-state index in [9.17, 15) is 34.1 Å². The molecule has 3 rings (SSSR count). The quantitative estimate of drug-likeness (QED) is 0.122. The lowest BCUT2D eigenvalue weighted by Gasteiger charge is -2.24. The largest absolute Gasteiger partial charge is 0.368 e. The van der Waals surface area contributed by atoms with Gasteiger partial charge in [0.05, 0.1) is 17.5 Å². The van der Waals surface area contributed by atoms with Crippen LogP contribution in [0.15, 0.2) is 54.6 Å². The molecular formula is C26H31N7O7S2. The molecule has 0 aromatic heterocycles. The number of nitro groups is 1. The molecule has 16 heteroatoms. The molecule has 0 unspecified atom stereocenters. The molecule has 0 aliphatic carbocycles. The molecule has 0 radical (unpaired) electrons. The van der Waals surface area contributed by atoms with Crippen LogP contribution < -0.4 is 32.7 Å². The molecule has 0 bridgehead atoms.